The van der Waals surface area contributed by atoms with E-state index < -0.39 is 11.7 Å². The van der Waals surface area contributed by atoms with Gasteiger partial charge in [0.1, 0.15) is 0 Å². The summed E-state index contributed by atoms with van der Waals surface area (Å²) in [5.74, 6) is 0.0420. The minimum atomic E-state index is -4.45. The molecular weight excluding hydrogens is 267 g/mol. The molecule has 3 nitrogen and oxygen atoms in total. The highest BCUT2D eigenvalue weighted by Gasteiger charge is 2.31. The highest BCUT2D eigenvalue weighted by molar-refractivity contribution is 6.31. The Morgan fingerprint density at radius 1 is 1.33 bits per heavy atom. The van der Waals surface area contributed by atoms with Gasteiger partial charge in [0.15, 0.2) is 5.96 Å². The largest absolute Gasteiger partial charge is 0.416 e. The Kier molecular flexibility index (Phi) is 4.45. The first-order valence-corrected chi connectivity index (χ1v) is 5.54. The minimum Gasteiger partial charge on any atom is -0.370 e. The lowest BCUT2D eigenvalue weighted by atomic mass is 10.2. The molecule has 7 heteroatoms. The molecule has 0 spiro atoms. The minimum absolute atomic E-state index is 0.0235. The van der Waals surface area contributed by atoms with Gasteiger partial charge in [0.2, 0.25) is 0 Å². The molecule has 1 aromatic carbocycles. The first-order chi connectivity index (χ1) is 8.18. The van der Waals surface area contributed by atoms with Crippen molar-refractivity contribution in [1.82, 2.24) is 0 Å². The fraction of sp³-hybridized carbons (Fsp3) is 0.364. The summed E-state index contributed by atoms with van der Waals surface area (Å²) in [5.41, 5.74) is 4.84. The molecule has 3 N–H and O–H groups in total. The van der Waals surface area contributed by atoms with Gasteiger partial charge in [0, 0.05) is 16.8 Å². The Morgan fingerprint density at radius 3 is 2.44 bits per heavy atom. The van der Waals surface area contributed by atoms with E-state index in [-0.39, 0.29) is 22.7 Å². The zero-order valence-electron chi connectivity index (χ0n) is 9.85. The SMILES string of the molecule is CC(C)N=C(N)Nc1cc(Cl)cc(C(F)(F)F)c1. The highest BCUT2D eigenvalue weighted by Crippen LogP contribution is 2.33. The summed E-state index contributed by atoms with van der Waals surface area (Å²) < 4.78 is 37.6. The summed E-state index contributed by atoms with van der Waals surface area (Å²) in [6.07, 6.45) is -4.45. The maximum atomic E-state index is 12.5. The van der Waals surface area contributed by atoms with Gasteiger partial charge in [-0.3, -0.25) is 4.99 Å². The number of hydrogen-bond donors (Lipinski definition) is 2. The number of hydrogen-bond acceptors (Lipinski definition) is 1. The van der Waals surface area contributed by atoms with E-state index in [1.807, 2.05) is 0 Å². The van der Waals surface area contributed by atoms with Crippen molar-refractivity contribution in [3.05, 3.63) is 28.8 Å². The number of anilines is 1. The fourth-order valence-corrected chi connectivity index (χ4v) is 1.52. The summed E-state index contributed by atoms with van der Waals surface area (Å²) in [7, 11) is 0. The smallest absolute Gasteiger partial charge is 0.370 e. The highest BCUT2D eigenvalue weighted by atomic mass is 35.5. The van der Waals surface area contributed by atoms with Gasteiger partial charge < -0.3 is 11.1 Å². The predicted molar refractivity (Wildman–Crippen MR) is 66.8 cm³/mol. The fourth-order valence-electron chi connectivity index (χ4n) is 1.28. The van der Waals surface area contributed by atoms with Crippen molar-refractivity contribution >= 4 is 23.2 Å². The molecule has 0 aromatic heterocycles. The molecule has 0 amide bonds. The molecule has 0 heterocycles. The van der Waals surface area contributed by atoms with Crippen LogP contribution in [0.25, 0.3) is 0 Å². The molecule has 0 aliphatic heterocycles. The van der Waals surface area contributed by atoms with Gasteiger partial charge in [-0.05, 0) is 32.0 Å². The van der Waals surface area contributed by atoms with Gasteiger partial charge >= 0.3 is 6.18 Å². The van der Waals surface area contributed by atoms with Gasteiger partial charge in [-0.25, -0.2) is 0 Å². The number of halogens is 4. The quantitative estimate of drug-likeness (QED) is 0.643. The summed E-state index contributed by atoms with van der Waals surface area (Å²) in [6.45, 7) is 3.60. The van der Waals surface area contributed by atoms with E-state index >= 15 is 0 Å². The van der Waals surface area contributed by atoms with E-state index in [1.165, 1.54) is 6.07 Å². The number of benzene rings is 1. The number of rotatable bonds is 2. The molecule has 18 heavy (non-hydrogen) atoms. The van der Waals surface area contributed by atoms with Crippen molar-refractivity contribution < 1.29 is 13.2 Å². The van der Waals surface area contributed by atoms with Crippen LogP contribution in [0.5, 0.6) is 0 Å². The van der Waals surface area contributed by atoms with Crippen molar-refractivity contribution in [2.24, 2.45) is 10.7 Å². The first-order valence-electron chi connectivity index (χ1n) is 5.16. The molecule has 1 rings (SSSR count). The maximum Gasteiger partial charge on any atom is 0.416 e. The number of aliphatic imine (C=N–C) groups is 1. The van der Waals surface area contributed by atoms with E-state index in [0.29, 0.717) is 0 Å². The summed E-state index contributed by atoms with van der Waals surface area (Å²) in [5, 5.41) is 2.55. The van der Waals surface area contributed by atoms with E-state index in [4.69, 9.17) is 17.3 Å². The predicted octanol–water partition coefficient (Wildman–Crippen LogP) is 3.49. The summed E-state index contributed by atoms with van der Waals surface area (Å²) in [6, 6.07) is 3.06. The molecule has 0 saturated carbocycles. The van der Waals surface area contributed by atoms with Gasteiger partial charge in [0.25, 0.3) is 0 Å². The van der Waals surface area contributed by atoms with Gasteiger partial charge in [0.05, 0.1) is 5.56 Å². The zero-order valence-corrected chi connectivity index (χ0v) is 10.6. The van der Waals surface area contributed by atoms with Crippen LogP contribution in [-0.2, 0) is 6.18 Å². The Balaban J connectivity index is 3.01. The number of alkyl halides is 3. The normalized spacial score (nSPS) is 12.9. The number of nitrogens with one attached hydrogen (secondary N) is 1. The second-order valence-electron chi connectivity index (χ2n) is 3.96. The maximum absolute atomic E-state index is 12.5. The Bertz CT molecular complexity index is 455. The van der Waals surface area contributed by atoms with Gasteiger partial charge in [-0.2, -0.15) is 13.2 Å². The van der Waals surface area contributed by atoms with Crippen LogP contribution in [0.4, 0.5) is 18.9 Å². The summed E-state index contributed by atoms with van der Waals surface area (Å²) >= 11 is 5.62. The number of nitrogens with two attached hydrogens (primary N) is 1. The summed E-state index contributed by atoms with van der Waals surface area (Å²) in [4.78, 5) is 3.95. The Morgan fingerprint density at radius 2 is 1.94 bits per heavy atom. The van der Waals surface area contributed by atoms with Crippen molar-refractivity contribution in [2.45, 2.75) is 26.1 Å². The van der Waals surface area contributed by atoms with E-state index in [0.717, 1.165) is 12.1 Å². The Labute approximate surface area is 108 Å². The van der Waals surface area contributed by atoms with Crippen molar-refractivity contribution in [2.75, 3.05) is 5.32 Å². The van der Waals surface area contributed by atoms with Gasteiger partial charge in [-0.15, -0.1) is 0 Å². The lowest BCUT2D eigenvalue weighted by Gasteiger charge is -2.11. The average Bonchev–Trinajstić information content (AvgIpc) is 2.13. The van der Waals surface area contributed by atoms with Crippen molar-refractivity contribution in [1.29, 1.82) is 0 Å². The molecule has 1 aromatic rings. The number of nitrogens with zero attached hydrogens (tertiary/aromatic N) is 1. The van der Waals surface area contributed by atoms with Gasteiger partial charge in [-0.1, -0.05) is 11.6 Å². The number of guanidine groups is 1. The molecule has 100 valence electrons. The molecule has 0 radical (unpaired) electrons. The standard InChI is InChI=1S/C11H13ClF3N3/c1-6(2)17-10(16)18-9-4-7(11(13,14)15)3-8(12)5-9/h3-6H,1-2H3,(H3,16,17,18). The van der Waals surface area contributed by atoms with Crippen LogP contribution >= 0.6 is 11.6 Å². The van der Waals surface area contributed by atoms with Crippen LogP contribution in [0.3, 0.4) is 0 Å². The van der Waals surface area contributed by atoms with Crippen LogP contribution in [-0.4, -0.2) is 12.0 Å². The molecule has 0 atom stereocenters. The molecule has 0 bridgehead atoms. The van der Waals surface area contributed by atoms with Crippen LogP contribution in [0.15, 0.2) is 23.2 Å². The van der Waals surface area contributed by atoms with Crippen LogP contribution in [0.1, 0.15) is 19.4 Å². The third-order valence-corrected chi connectivity index (χ3v) is 2.11. The molecular formula is C11H13ClF3N3. The van der Waals surface area contributed by atoms with Crippen LogP contribution in [0.2, 0.25) is 5.02 Å². The third-order valence-electron chi connectivity index (χ3n) is 1.89. The second-order valence-corrected chi connectivity index (χ2v) is 4.40. The van der Waals surface area contributed by atoms with E-state index in [9.17, 15) is 13.2 Å². The third kappa shape index (κ3) is 4.44. The molecule has 0 fully saturated rings. The first kappa shape index (κ1) is 14.6. The van der Waals surface area contributed by atoms with Crippen molar-refractivity contribution in [3.63, 3.8) is 0 Å². The van der Waals surface area contributed by atoms with Crippen LogP contribution < -0.4 is 11.1 Å². The Hall–Kier alpha value is -1.43. The molecule has 0 aliphatic rings. The monoisotopic (exact) mass is 279 g/mol. The second kappa shape index (κ2) is 5.48. The molecule has 0 saturated heterocycles. The zero-order chi connectivity index (χ0) is 13.9. The molecule has 0 unspecified atom stereocenters. The lowest BCUT2D eigenvalue weighted by Crippen LogP contribution is -2.24. The molecule has 0 aliphatic carbocycles. The lowest BCUT2D eigenvalue weighted by molar-refractivity contribution is -0.137. The average molecular weight is 280 g/mol. The van der Waals surface area contributed by atoms with Crippen molar-refractivity contribution in [3.8, 4) is 0 Å². The van der Waals surface area contributed by atoms with Crippen LogP contribution in [0, 0.1) is 0 Å². The van der Waals surface area contributed by atoms with E-state index in [2.05, 4.69) is 10.3 Å². The van der Waals surface area contributed by atoms with E-state index in [1.54, 1.807) is 13.8 Å². The topological polar surface area (TPSA) is 50.4 Å².